The van der Waals surface area contributed by atoms with Crippen molar-refractivity contribution in [1.29, 1.82) is 0 Å². The van der Waals surface area contributed by atoms with Gasteiger partial charge in [0.1, 0.15) is 17.2 Å². The highest BCUT2D eigenvalue weighted by Gasteiger charge is 2.37. The Morgan fingerprint density at radius 2 is 2.03 bits per heavy atom. The second-order valence-corrected chi connectivity index (χ2v) is 8.52. The average Bonchev–Trinajstić information content (AvgIpc) is 3.10. The van der Waals surface area contributed by atoms with Crippen LogP contribution in [0.25, 0.3) is 22.4 Å². The molecular formula is C21H25F3N6. The summed E-state index contributed by atoms with van der Waals surface area (Å²) >= 11 is 0. The first-order valence-electron chi connectivity index (χ1n) is 10.1. The minimum absolute atomic E-state index is 0.144. The van der Waals surface area contributed by atoms with Crippen molar-refractivity contribution >= 4 is 16.9 Å². The van der Waals surface area contributed by atoms with Crippen molar-refractivity contribution in [3.05, 3.63) is 36.0 Å². The molecule has 1 unspecified atom stereocenters. The fraction of sp³-hybridized carbons (Fsp3) is 0.476. The van der Waals surface area contributed by atoms with E-state index in [0.717, 1.165) is 25.3 Å². The molecule has 0 spiro atoms. The summed E-state index contributed by atoms with van der Waals surface area (Å²) in [5.41, 5.74) is 5.79. The highest BCUT2D eigenvalue weighted by molar-refractivity contribution is 5.90. The number of aromatic amines is 1. The molecule has 3 aromatic rings. The summed E-state index contributed by atoms with van der Waals surface area (Å²) < 4.78 is 41.3. The van der Waals surface area contributed by atoms with Crippen LogP contribution in [0.1, 0.15) is 38.7 Å². The minimum atomic E-state index is -4.55. The maximum absolute atomic E-state index is 13.8. The number of nitrogens with two attached hydrogens (primary N) is 1. The maximum atomic E-state index is 13.8. The molecule has 6 nitrogen and oxygen atoms in total. The molecule has 4 rings (SSSR count). The van der Waals surface area contributed by atoms with Gasteiger partial charge in [0.05, 0.1) is 5.56 Å². The normalized spacial score (nSPS) is 20.3. The number of alkyl halides is 3. The lowest BCUT2D eigenvalue weighted by atomic mass is 9.83. The van der Waals surface area contributed by atoms with Crippen molar-refractivity contribution in [3.8, 4) is 11.4 Å². The number of aromatic nitrogens is 4. The number of hydrogen-bond donors (Lipinski definition) is 2. The van der Waals surface area contributed by atoms with Gasteiger partial charge in [-0.15, -0.1) is 0 Å². The molecule has 1 fully saturated rings. The van der Waals surface area contributed by atoms with Gasteiger partial charge in [0, 0.05) is 30.2 Å². The summed E-state index contributed by atoms with van der Waals surface area (Å²) in [5, 5.41) is 7.30. The Hall–Kier alpha value is -2.68. The van der Waals surface area contributed by atoms with E-state index >= 15 is 0 Å². The van der Waals surface area contributed by atoms with E-state index in [9.17, 15) is 13.2 Å². The topological polar surface area (TPSA) is 83.7 Å². The second kappa shape index (κ2) is 7.54. The van der Waals surface area contributed by atoms with Crippen LogP contribution in [0.4, 0.5) is 19.0 Å². The molecule has 0 aliphatic carbocycles. The lowest BCUT2D eigenvalue weighted by Crippen LogP contribution is -2.55. The van der Waals surface area contributed by atoms with Crippen LogP contribution in [0.3, 0.4) is 0 Å². The van der Waals surface area contributed by atoms with Crippen molar-refractivity contribution in [1.82, 2.24) is 20.2 Å². The SMILES string of the molecule is CC(C)CC1(N)CCCN(c2ccc(C(F)(F)F)c(-c3n[nH]c4ncccc34)n2)C1. The first-order chi connectivity index (χ1) is 14.2. The number of anilines is 1. The van der Waals surface area contributed by atoms with Crippen molar-refractivity contribution in [2.75, 3.05) is 18.0 Å². The van der Waals surface area contributed by atoms with Crippen LogP contribution >= 0.6 is 0 Å². The molecule has 3 aromatic heterocycles. The smallest absolute Gasteiger partial charge is 0.355 e. The molecule has 160 valence electrons. The molecule has 9 heteroatoms. The number of nitrogens with one attached hydrogen (secondary N) is 1. The van der Waals surface area contributed by atoms with Gasteiger partial charge in [0.25, 0.3) is 0 Å². The van der Waals surface area contributed by atoms with Crippen molar-refractivity contribution in [3.63, 3.8) is 0 Å². The standard InChI is InChI=1S/C21H25F3N6/c1-13(2)11-20(25)8-4-10-30(12-20)16-7-6-15(21(22,23)24)18(27-16)17-14-5-3-9-26-19(14)29-28-17/h3,5-7,9,13H,4,8,10-12,25H2,1-2H3,(H,26,28,29). The number of fused-ring (bicyclic) bond motifs is 1. The van der Waals surface area contributed by atoms with Crippen LogP contribution in [0, 0.1) is 5.92 Å². The molecule has 1 aliphatic heterocycles. The number of piperidine rings is 1. The fourth-order valence-corrected chi connectivity index (χ4v) is 4.40. The quantitative estimate of drug-likeness (QED) is 0.657. The summed E-state index contributed by atoms with van der Waals surface area (Å²) in [4.78, 5) is 10.6. The third-order valence-electron chi connectivity index (χ3n) is 5.49. The lowest BCUT2D eigenvalue weighted by Gasteiger charge is -2.42. The Morgan fingerprint density at radius 1 is 1.23 bits per heavy atom. The van der Waals surface area contributed by atoms with E-state index in [4.69, 9.17) is 5.73 Å². The number of nitrogens with zero attached hydrogens (tertiary/aromatic N) is 4. The predicted molar refractivity (Wildman–Crippen MR) is 110 cm³/mol. The summed E-state index contributed by atoms with van der Waals surface area (Å²) in [7, 11) is 0. The van der Waals surface area contributed by atoms with E-state index in [1.165, 1.54) is 6.07 Å². The Morgan fingerprint density at radius 3 is 2.77 bits per heavy atom. The zero-order valence-corrected chi connectivity index (χ0v) is 17.0. The maximum Gasteiger partial charge on any atom is 0.418 e. The Balaban J connectivity index is 1.77. The molecule has 30 heavy (non-hydrogen) atoms. The number of H-pyrrole nitrogens is 1. The van der Waals surface area contributed by atoms with Gasteiger partial charge in [-0.05, 0) is 49.4 Å². The van der Waals surface area contributed by atoms with Crippen molar-refractivity contribution < 1.29 is 13.2 Å². The van der Waals surface area contributed by atoms with Gasteiger partial charge in [-0.25, -0.2) is 9.97 Å². The number of rotatable bonds is 4. The fourth-order valence-electron chi connectivity index (χ4n) is 4.40. The molecule has 1 aliphatic rings. The van der Waals surface area contributed by atoms with Gasteiger partial charge >= 0.3 is 6.18 Å². The highest BCUT2D eigenvalue weighted by Crippen LogP contribution is 2.39. The molecule has 3 N–H and O–H groups in total. The monoisotopic (exact) mass is 418 g/mol. The zero-order valence-electron chi connectivity index (χ0n) is 17.0. The van der Waals surface area contributed by atoms with Crippen molar-refractivity contribution in [2.45, 2.75) is 44.8 Å². The molecule has 1 saturated heterocycles. The van der Waals surface area contributed by atoms with E-state index in [2.05, 4.69) is 34.0 Å². The molecule has 0 aromatic carbocycles. The van der Waals surface area contributed by atoms with Crippen LogP contribution in [0.5, 0.6) is 0 Å². The van der Waals surface area contributed by atoms with Crippen LogP contribution in [-0.2, 0) is 6.18 Å². The largest absolute Gasteiger partial charge is 0.418 e. The third kappa shape index (κ3) is 3.98. The van der Waals surface area contributed by atoms with E-state index in [1.54, 1.807) is 18.3 Å². The van der Waals surface area contributed by atoms with Crippen LogP contribution in [0.2, 0.25) is 0 Å². The molecular weight excluding hydrogens is 393 g/mol. The van der Waals surface area contributed by atoms with Gasteiger partial charge < -0.3 is 10.6 Å². The predicted octanol–water partition coefficient (Wildman–Crippen LogP) is 4.38. The van der Waals surface area contributed by atoms with Crippen LogP contribution < -0.4 is 10.6 Å². The molecule has 0 saturated carbocycles. The summed E-state index contributed by atoms with van der Waals surface area (Å²) in [6.07, 6.45) is -0.373. The molecule has 0 amide bonds. The lowest BCUT2D eigenvalue weighted by molar-refractivity contribution is -0.137. The molecule has 0 radical (unpaired) electrons. The molecule has 4 heterocycles. The van der Waals surface area contributed by atoms with E-state index < -0.39 is 11.7 Å². The Labute approximate surface area is 172 Å². The van der Waals surface area contributed by atoms with E-state index in [-0.39, 0.29) is 16.9 Å². The highest BCUT2D eigenvalue weighted by atomic mass is 19.4. The number of pyridine rings is 2. The van der Waals surface area contributed by atoms with Gasteiger partial charge in [-0.1, -0.05) is 13.8 Å². The Bertz CT molecular complexity index is 1040. The third-order valence-corrected chi connectivity index (χ3v) is 5.49. The van der Waals surface area contributed by atoms with Gasteiger partial charge in [-0.2, -0.15) is 18.3 Å². The number of halogens is 3. The molecule has 0 bridgehead atoms. The van der Waals surface area contributed by atoms with Gasteiger partial charge in [-0.3, -0.25) is 5.10 Å². The molecule has 1 atom stereocenters. The Kier molecular flexibility index (Phi) is 5.17. The zero-order chi connectivity index (χ0) is 21.5. The van der Waals surface area contributed by atoms with Gasteiger partial charge in [0.2, 0.25) is 0 Å². The average molecular weight is 418 g/mol. The minimum Gasteiger partial charge on any atom is -0.355 e. The number of hydrogen-bond acceptors (Lipinski definition) is 5. The van der Waals surface area contributed by atoms with Crippen LogP contribution in [0.15, 0.2) is 30.5 Å². The van der Waals surface area contributed by atoms with E-state index in [0.29, 0.717) is 35.9 Å². The summed E-state index contributed by atoms with van der Waals surface area (Å²) in [5.74, 6) is 0.922. The van der Waals surface area contributed by atoms with Gasteiger partial charge in [0.15, 0.2) is 5.65 Å². The van der Waals surface area contributed by atoms with Crippen LogP contribution in [-0.4, -0.2) is 38.8 Å². The summed E-state index contributed by atoms with van der Waals surface area (Å²) in [6.45, 7) is 5.51. The second-order valence-electron chi connectivity index (χ2n) is 8.52. The van der Waals surface area contributed by atoms with E-state index in [1.807, 2.05) is 4.90 Å². The first kappa shape index (κ1) is 20.6. The first-order valence-corrected chi connectivity index (χ1v) is 10.1. The summed E-state index contributed by atoms with van der Waals surface area (Å²) in [6, 6.07) is 5.87. The van der Waals surface area contributed by atoms with Crippen molar-refractivity contribution in [2.24, 2.45) is 11.7 Å².